The highest BCUT2D eigenvalue weighted by molar-refractivity contribution is 7.17. The molecule has 0 spiro atoms. The predicted molar refractivity (Wildman–Crippen MR) is 57.9 cm³/mol. The lowest BCUT2D eigenvalue weighted by molar-refractivity contribution is 0.0915. The molecular weight excluding hydrogens is 208 g/mol. The maximum Gasteiger partial charge on any atom is 0.196 e. The van der Waals surface area contributed by atoms with E-state index >= 15 is 0 Å². The lowest BCUT2D eigenvalue weighted by Crippen LogP contribution is -2.24. The molecule has 0 saturated carbocycles. The van der Waals surface area contributed by atoms with Crippen LogP contribution >= 0.6 is 11.3 Å². The Bertz CT molecular complexity index is 587. The Morgan fingerprint density at radius 3 is 3.27 bits per heavy atom. The number of carbonyl (C=O) groups is 1. The molecule has 1 aliphatic rings. The van der Waals surface area contributed by atoms with E-state index in [0.717, 1.165) is 16.8 Å². The zero-order valence-corrected chi connectivity index (χ0v) is 8.75. The Morgan fingerprint density at radius 2 is 2.47 bits per heavy atom. The van der Waals surface area contributed by atoms with Gasteiger partial charge in [-0.3, -0.25) is 4.79 Å². The molecule has 1 atom stereocenters. The first-order valence-electron chi connectivity index (χ1n) is 4.82. The van der Waals surface area contributed by atoms with Crippen molar-refractivity contribution in [2.24, 2.45) is 5.92 Å². The zero-order valence-electron chi connectivity index (χ0n) is 7.93. The van der Waals surface area contributed by atoms with Crippen LogP contribution in [0.2, 0.25) is 0 Å². The van der Waals surface area contributed by atoms with Crippen molar-refractivity contribution in [3.63, 3.8) is 0 Å². The number of hydrogen-bond acceptors (Lipinski definition) is 3. The van der Waals surface area contributed by atoms with E-state index in [0.29, 0.717) is 12.1 Å². The molecule has 3 heterocycles. The zero-order chi connectivity index (χ0) is 10.4. The first-order valence-corrected chi connectivity index (χ1v) is 5.70. The highest BCUT2D eigenvalue weighted by Crippen LogP contribution is 2.30. The summed E-state index contributed by atoms with van der Waals surface area (Å²) >= 11 is 1.64. The summed E-state index contributed by atoms with van der Waals surface area (Å²) in [7, 11) is 0. The first-order chi connectivity index (χ1) is 7.31. The van der Waals surface area contributed by atoms with Crippen LogP contribution in [0.4, 0.5) is 0 Å². The van der Waals surface area contributed by atoms with E-state index in [1.54, 1.807) is 11.3 Å². The standard InChI is InChI=1S/C11H8N2OS/c12-6-7-1-3-13-8-2-4-15-10(8)5-9(13)11(7)14/h2,4-5,7H,1,3H2/t7-/m0/s1. The Hall–Kier alpha value is -1.60. The average molecular weight is 216 g/mol. The number of aromatic nitrogens is 1. The molecule has 0 bridgehead atoms. The highest BCUT2D eigenvalue weighted by atomic mass is 32.1. The maximum atomic E-state index is 11.9. The molecule has 74 valence electrons. The van der Waals surface area contributed by atoms with E-state index in [-0.39, 0.29) is 5.78 Å². The number of ketones is 1. The molecule has 0 amide bonds. The molecule has 0 fully saturated rings. The van der Waals surface area contributed by atoms with E-state index in [1.165, 1.54) is 0 Å². The topological polar surface area (TPSA) is 45.8 Å². The summed E-state index contributed by atoms with van der Waals surface area (Å²) in [5, 5.41) is 10.9. The van der Waals surface area contributed by atoms with Crippen LogP contribution in [0.3, 0.4) is 0 Å². The summed E-state index contributed by atoms with van der Waals surface area (Å²) < 4.78 is 3.17. The molecule has 0 aromatic carbocycles. The van der Waals surface area contributed by atoms with Gasteiger partial charge >= 0.3 is 0 Å². The summed E-state index contributed by atoms with van der Waals surface area (Å²) in [6, 6.07) is 6.01. The van der Waals surface area contributed by atoms with E-state index < -0.39 is 5.92 Å². The maximum absolute atomic E-state index is 11.9. The smallest absolute Gasteiger partial charge is 0.196 e. The normalized spacial score (nSPS) is 20.2. The van der Waals surface area contributed by atoms with Crippen molar-refractivity contribution in [2.45, 2.75) is 13.0 Å². The van der Waals surface area contributed by atoms with E-state index in [2.05, 4.69) is 6.07 Å². The average Bonchev–Trinajstić information content (AvgIpc) is 2.79. The van der Waals surface area contributed by atoms with Crippen LogP contribution in [-0.2, 0) is 6.54 Å². The highest BCUT2D eigenvalue weighted by Gasteiger charge is 2.28. The van der Waals surface area contributed by atoms with Gasteiger partial charge in [-0.15, -0.1) is 11.3 Å². The largest absolute Gasteiger partial charge is 0.337 e. The van der Waals surface area contributed by atoms with Crippen LogP contribution < -0.4 is 0 Å². The van der Waals surface area contributed by atoms with Gasteiger partial charge in [0.05, 0.1) is 22.0 Å². The lowest BCUT2D eigenvalue weighted by Gasteiger charge is -2.18. The van der Waals surface area contributed by atoms with Crippen molar-refractivity contribution in [3.05, 3.63) is 23.2 Å². The van der Waals surface area contributed by atoms with Gasteiger partial charge in [-0.25, -0.2) is 0 Å². The van der Waals surface area contributed by atoms with Gasteiger partial charge in [-0.1, -0.05) is 0 Å². The van der Waals surface area contributed by atoms with Gasteiger partial charge in [-0.05, 0) is 23.9 Å². The molecule has 2 aromatic heterocycles. The second-order valence-corrected chi connectivity index (χ2v) is 4.63. The van der Waals surface area contributed by atoms with Gasteiger partial charge in [0.2, 0.25) is 0 Å². The van der Waals surface area contributed by atoms with Gasteiger partial charge in [0.15, 0.2) is 5.78 Å². The van der Waals surface area contributed by atoms with E-state index in [9.17, 15) is 4.79 Å². The fourth-order valence-electron chi connectivity index (χ4n) is 2.11. The molecular formula is C11H8N2OS. The molecule has 0 unspecified atom stereocenters. The first kappa shape index (κ1) is 8.69. The monoisotopic (exact) mass is 216 g/mol. The van der Waals surface area contributed by atoms with E-state index in [4.69, 9.17) is 5.26 Å². The molecule has 2 aromatic rings. The summed E-state index contributed by atoms with van der Waals surface area (Å²) in [6.45, 7) is 0.777. The van der Waals surface area contributed by atoms with Crippen LogP contribution in [0.25, 0.3) is 10.2 Å². The Balaban J connectivity index is 2.24. The van der Waals surface area contributed by atoms with Crippen molar-refractivity contribution in [1.82, 2.24) is 4.57 Å². The fourth-order valence-corrected chi connectivity index (χ4v) is 2.94. The fraction of sp³-hybridized carbons (Fsp3) is 0.273. The van der Waals surface area contributed by atoms with Crippen LogP contribution in [0.15, 0.2) is 17.5 Å². The lowest BCUT2D eigenvalue weighted by atomic mass is 9.96. The van der Waals surface area contributed by atoms with Crippen molar-refractivity contribution in [1.29, 1.82) is 5.26 Å². The van der Waals surface area contributed by atoms with Crippen LogP contribution in [0.1, 0.15) is 16.9 Å². The van der Waals surface area contributed by atoms with Gasteiger partial charge in [0.1, 0.15) is 5.92 Å². The minimum absolute atomic E-state index is 0.0212. The van der Waals surface area contributed by atoms with E-state index in [1.807, 2.05) is 22.1 Å². The molecule has 1 aliphatic heterocycles. The SMILES string of the molecule is N#C[C@@H]1CCn2c(cc3sccc32)C1=O. The van der Waals surface area contributed by atoms with Gasteiger partial charge in [0.25, 0.3) is 0 Å². The van der Waals surface area contributed by atoms with Crippen molar-refractivity contribution in [2.75, 3.05) is 0 Å². The molecule has 3 nitrogen and oxygen atoms in total. The number of nitrogens with zero attached hydrogens (tertiary/aromatic N) is 2. The number of Topliss-reactive ketones (excluding diaryl/α,β-unsaturated/α-hetero) is 1. The number of carbonyl (C=O) groups excluding carboxylic acids is 1. The summed E-state index contributed by atoms with van der Waals surface area (Å²) in [6.07, 6.45) is 0.641. The third-order valence-electron chi connectivity index (χ3n) is 2.89. The molecule has 3 rings (SSSR count). The molecule has 0 radical (unpaired) electrons. The number of nitriles is 1. The van der Waals surface area contributed by atoms with Crippen molar-refractivity contribution >= 4 is 27.3 Å². The van der Waals surface area contributed by atoms with Crippen molar-refractivity contribution in [3.8, 4) is 6.07 Å². The van der Waals surface area contributed by atoms with Gasteiger partial charge in [-0.2, -0.15) is 5.26 Å². The minimum atomic E-state index is -0.443. The number of thiophene rings is 1. The number of hydrogen-bond donors (Lipinski definition) is 0. The predicted octanol–water partition coefficient (Wildman–Crippen LogP) is 2.43. The van der Waals surface area contributed by atoms with Crippen LogP contribution in [0.5, 0.6) is 0 Å². The quantitative estimate of drug-likeness (QED) is 0.679. The third-order valence-corrected chi connectivity index (χ3v) is 3.74. The molecule has 0 aliphatic carbocycles. The van der Waals surface area contributed by atoms with Gasteiger partial charge < -0.3 is 4.57 Å². The van der Waals surface area contributed by atoms with Crippen LogP contribution in [0, 0.1) is 17.2 Å². The Labute approximate surface area is 90.5 Å². The van der Waals surface area contributed by atoms with Crippen molar-refractivity contribution < 1.29 is 4.79 Å². The number of rotatable bonds is 0. The summed E-state index contributed by atoms with van der Waals surface area (Å²) in [4.78, 5) is 11.9. The number of aryl methyl sites for hydroxylation is 1. The number of fused-ring (bicyclic) bond motifs is 3. The van der Waals surface area contributed by atoms with Gasteiger partial charge in [0, 0.05) is 6.54 Å². The summed E-state index contributed by atoms with van der Waals surface area (Å²) in [5.74, 6) is -0.464. The summed E-state index contributed by atoms with van der Waals surface area (Å²) in [5.41, 5.74) is 1.83. The molecule has 0 saturated heterocycles. The molecule has 0 N–H and O–H groups in total. The Kier molecular flexibility index (Phi) is 1.70. The van der Waals surface area contributed by atoms with Crippen LogP contribution in [-0.4, -0.2) is 10.4 Å². The minimum Gasteiger partial charge on any atom is -0.337 e. The third kappa shape index (κ3) is 1.07. The second-order valence-electron chi connectivity index (χ2n) is 3.69. The molecule has 4 heteroatoms. The second kappa shape index (κ2) is 2.94. The Morgan fingerprint density at radius 1 is 1.60 bits per heavy atom. The molecule has 15 heavy (non-hydrogen) atoms.